The predicted molar refractivity (Wildman–Crippen MR) is 142 cm³/mol. The van der Waals surface area contributed by atoms with Gasteiger partial charge in [0.05, 0.1) is 5.69 Å². The molecular weight excluding hydrogens is 434 g/mol. The molecule has 2 saturated heterocycles. The van der Waals surface area contributed by atoms with Crippen LogP contribution in [0.1, 0.15) is 28.9 Å². The van der Waals surface area contributed by atoms with E-state index in [1.807, 2.05) is 18.2 Å². The number of aromatic nitrogens is 1. The van der Waals surface area contributed by atoms with Gasteiger partial charge in [-0.3, -0.25) is 9.69 Å². The molecule has 3 heterocycles. The zero-order valence-electron chi connectivity index (χ0n) is 20.6. The number of carbonyl (C=O) groups is 1. The molecule has 2 aromatic carbocycles. The molecule has 35 heavy (non-hydrogen) atoms. The summed E-state index contributed by atoms with van der Waals surface area (Å²) in [5.74, 6) is -0.0811. The highest BCUT2D eigenvalue weighted by Gasteiger charge is 2.22. The molecule has 2 aliphatic heterocycles. The minimum atomic E-state index is -0.0811. The Labute approximate surface area is 208 Å². The van der Waals surface area contributed by atoms with Crippen molar-refractivity contribution in [1.29, 1.82) is 0 Å². The number of hydrogen-bond acceptors (Lipinski definition) is 5. The summed E-state index contributed by atoms with van der Waals surface area (Å²) in [7, 11) is 2.17. The lowest BCUT2D eigenvalue weighted by molar-refractivity contribution is 0.0904. The third-order valence-corrected chi connectivity index (χ3v) is 7.19. The first kappa shape index (κ1) is 23.5. The normalized spacial score (nSPS) is 17.9. The van der Waals surface area contributed by atoms with Gasteiger partial charge in [0, 0.05) is 63.1 Å². The lowest BCUT2D eigenvalue weighted by atomic mass is 10.0. The van der Waals surface area contributed by atoms with Crippen LogP contribution in [-0.2, 0) is 6.54 Å². The number of amides is 1. The zero-order valence-corrected chi connectivity index (χ0v) is 20.6. The lowest BCUT2D eigenvalue weighted by Crippen LogP contribution is -2.44. The van der Waals surface area contributed by atoms with Gasteiger partial charge >= 0.3 is 0 Å². The highest BCUT2D eigenvalue weighted by atomic mass is 16.1. The van der Waals surface area contributed by atoms with Crippen LogP contribution in [-0.4, -0.2) is 73.0 Å². The van der Waals surface area contributed by atoms with Gasteiger partial charge in [-0.2, -0.15) is 0 Å². The van der Waals surface area contributed by atoms with E-state index in [-0.39, 0.29) is 11.9 Å². The number of nitrogens with one attached hydrogen (secondary N) is 1. The van der Waals surface area contributed by atoms with Crippen LogP contribution < -0.4 is 10.2 Å². The number of likely N-dealkylation sites (N-methyl/N-ethyl adjacent to an activating group) is 1. The number of hydrogen-bond donors (Lipinski definition) is 1. The molecule has 0 spiro atoms. The van der Waals surface area contributed by atoms with Crippen molar-refractivity contribution in [2.24, 2.45) is 0 Å². The summed E-state index contributed by atoms with van der Waals surface area (Å²) < 4.78 is 0. The summed E-state index contributed by atoms with van der Waals surface area (Å²) in [6.07, 6.45) is 1.93. The van der Waals surface area contributed by atoms with E-state index < -0.39 is 0 Å². The van der Waals surface area contributed by atoms with Crippen LogP contribution in [0.2, 0.25) is 0 Å². The Balaban J connectivity index is 1.16. The molecule has 1 aromatic heterocycles. The van der Waals surface area contributed by atoms with Crippen molar-refractivity contribution in [1.82, 2.24) is 20.1 Å². The first-order valence-electron chi connectivity index (χ1n) is 12.7. The van der Waals surface area contributed by atoms with Gasteiger partial charge in [0.25, 0.3) is 5.91 Å². The Hall–Kier alpha value is -3.22. The number of pyridine rings is 1. The van der Waals surface area contributed by atoms with E-state index in [1.165, 1.54) is 11.3 Å². The molecule has 2 aliphatic rings. The van der Waals surface area contributed by atoms with Gasteiger partial charge < -0.3 is 15.1 Å². The molecule has 0 atom stereocenters. The molecule has 2 fully saturated rings. The maximum atomic E-state index is 13.0. The van der Waals surface area contributed by atoms with Gasteiger partial charge in [-0.05, 0) is 49.7 Å². The van der Waals surface area contributed by atoms with Gasteiger partial charge in [0.1, 0.15) is 5.69 Å². The molecule has 1 amide bonds. The highest BCUT2D eigenvalue weighted by molar-refractivity contribution is 5.93. The highest BCUT2D eigenvalue weighted by Crippen LogP contribution is 2.23. The fourth-order valence-electron chi connectivity index (χ4n) is 4.97. The first-order valence-corrected chi connectivity index (χ1v) is 12.7. The van der Waals surface area contributed by atoms with Crippen molar-refractivity contribution in [3.8, 4) is 11.3 Å². The fraction of sp³-hybridized carbons (Fsp3) is 0.379. The minimum Gasteiger partial charge on any atom is -0.369 e. The summed E-state index contributed by atoms with van der Waals surface area (Å²) in [5, 5.41) is 3.22. The van der Waals surface area contributed by atoms with Gasteiger partial charge in [0.15, 0.2) is 0 Å². The van der Waals surface area contributed by atoms with Crippen molar-refractivity contribution in [2.45, 2.75) is 25.4 Å². The maximum Gasteiger partial charge on any atom is 0.270 e. The van der Waals surface area contributed by atoms with Gasteiger partial charge in [0.2, 0.25) is 0 Å². The SMILES string of the molecule is CN1CCN(c2ccc(-c3cccc(C(=O)NC4CCN(Cc5ccccc5)CC4)n3)cc2)CC1. The summed E-state index contributed by atoms with van der Waals surface area (Å²) in [5.41, 5.74) is 4.94. The Kier molecular flexibility index (Phi) is 7.40. The molecule has 6 nitrogen and oxygen atoms in total. The Morgan fingerprint density at radius 2 is 1.57 bits per heavy atom. The summed E-state index contributed by atoms with van der Waals surface area (Å²) in [4.78, 5) is 24.9. The van der Waals surface area contributed by atoms with Gasteiger partial charge in [-0.1, -0.05) is 48.5 Å². The number of nitrogens with zero attached hydrogens (tertiary/aromatic N) is 4. The average molecular weight is 470 g/mol. The van der Waals surface area contributed by atoms with Crippen molar-refractivity contribution >= 4 is 11.6 Å². The number of piperazine rings is 1. The summed E-state index contributed by atoms with van der Waals surface area (Å²) in [6, 6.07) is 25.0. The van der Waals surface area contributed by atoms with E-state index in [4.69, 9.17) is 0 Å². The molecular formula is C29H35N5O. The molecule has 6 heteroatoms. The second-order valence-corrected chi connectivity index (χ2v) is 9.75. The van der Waals surface area contributed by atoms with Gasteiger partial charge in [-0.15, -0.1) is 0 Å². The Bertz CT molecular complexity index is 1100. The van der Waals surface area contributed by atoms with E-state index in [1.54, 1.807) is 0 Å². The van der Waals surface area contributed by atoms with Gasteiger partial charge in [-0.25, -0.2) is 4.98 Å². The average Bonchev–Trinajstić information content (AvgIpc) is 2.91. The number of benzene rings is 2. The Morgan fingerprint density at radius 3 is 2.29 bits per heavy atom. The standard InChI is InChI=1S/C29H35N5O/c1-32-18-20-34(21-19-32)26-12-10-24(11-13-26)27-8-5-9-28(31-27)29(35)30-25-14-16-33(17-15-25)22-23-6-3-2-4-7-23/h2-13,25H,14-22H2,1H3,(H,30,35). The molecule has 182 valence electrons. The molecule has 1 N–H and O–H groups in total. The number of anilines is 1. The van der Waals surface area contributed by atoms with Crippen molar-refractivity contribution in [3.63, 3.8) is 0 Å². The quantitative estimate of drug-likeness (QED) is 0.594. The molecule has 0 unspecified atom stereocenters. The second kappa shape index (κ2) is 11.0. The molecule has 5 rings (SSSR count). The number of likely N-dealkylation sites (tertiary alicyclic amines) is 1. The van der Waals surface area contributed by atoms with E-state index >= 15 is 0 Å². The van der Waals surface area contributed by atoms with Crippen molar-refractivity contribution in [3.05, 3.63) is 84.1 Å². The molecule has 0 bridgehead atoms. The molecule has 0 saturated carbocycles. The van der Waals surface area contributed by atoms with Crippen LogP contribution in [0.4, 0.5) is 5.69 Å². The maximum absolute atomic E-state index is 13.0. The van der Waals surface area contributed by atoms with Crippen LogP contribution >= 0.6 is 0 Å². The number of rotatable bonds is 6. The monoisotopic (exact) mass is 469 g/mol. The second-order valence-electron chi connectivity index (χ2n) is 9.75. The Morgan fingerprint density at radius 1 is 0.857 bits per heavy atom. The van der Waals surface area contributed by atoms with Crippen molar-refractivity contribution < 1.29 is 4.79 Å². The predicted octanol–water partition coefficient (Wildman–Crippen LogP) is 3.89. The van der Waals surface area contributed by atoms with Crippen LogP contribution in [0.25, 0.3) is 11.3 Å². The van der Waals surface area contributed by atoms with E-state index in [0.717, 1.165) is 69.9 Å². The third kappa shape index (κ3) is 6.08. The summed E-state index contributed by atoms with van der Waals surface area (Å²) >= 11 is 0. The molecule has 0 radical (unpaired) electrons. The van der Waals surface area contributed by atoms with E-state index in [9.17, 15) is 4.79 Å². The molecule has 0 aliphatic carbocycles. The number of piperidine rings is 1. The van der Waals surface area contributed by atoms with Crippen LogP contribution in [0.3, 0.4) is 0 Å². The van der Waals surface area contributed by atoms with Crippen molar-refractivity contribution in [2.75, 3.05) is 51.2 Å². The topological polar surface area (TPSA) is 51.7 Å². The van der Waals surface area contributed by atoms with Crippen LogP contribution in [0.15, 0.2) is 72.8 Å². The van der Waals surface area contributed by atoms with E-state index in [2.05, 4.69) is 86.6 Å². The smallest absolute Gasteiger partial charge is 0.270 e. The summed E-state index contributed by atoms with van der Waals surface area (Å²) in [6.45, 7) is 7.24. The molecule has 3 aromatic rings. The largest absolute Gasteiger partial charge is 0.369 e. The first-order chi connectivity index (χ1) is 17.1. The van der Waals surface area contributed by atoms with Crippen LogP contribution in [0.5, 0.6) is 0 Å². The zero-order chi connectivity index (χ0) is 24.0. The minimum absolute atomic E-state index is 0.0811. The lowest BCUT2D eigenvalue weighted by Gasteiger charge is -2.34. The van der Waals surface area contributed by atoms with E-state index in [0.29, 0.717) is 5.69 Å². The number of carbonyl (C=O) groups excluding carboxylic acids is 1. The fourth-order valence-corrected chi connectivity index (χ4v) is 4.97. The van der Waals surface area contributed by atoms with Crippen LogP contribution in [0, 0.1) is 0 Å². The third-order valence-electron chi connectivity index (χ3n) is 7.19.